The first-order valence-electron chi connectivity index (χ1n) is 8.24. The van der Waals surface area contributed by atoms with Crippen molar-refractivity contribution in [2.75, 3.05) is 12.4 Å². The molecule has 27 heavy (non-hydrogen) atoms. The van der Waals surface area contributed by atoms with Crippen molar-refractivity contribution in [2.24, 2.45) is 10.7 Å². The molecule has 0 bridgehead atoms. The third-order valence-corrected chi connectivity index (χ3v) is 3.78. The van der Waals surface area contributed by atoms with Gasteiger partial charge in [0.1, 0.15) is 11.4 Å². The van der Waals surface area contributed by atoms with Gasteiger partial charge in [0.05, 0.1) is 25.5 Å². The molecule has 142 valence electrons. The van der Waals surface area contributed by atoms with Crippen LogP contribution in [0.4, 0.5) is 5.69 Å². The van der Waals surface area contributed by atoms with Crippen molar-refractivity contribution in [1.29, 1.82) is 0 Å². The number of hydrogen-bond acceptors (Lipinski definition) is 4. The van der Waals surface area contributed by atoms with Crippen LogP contribution in [0.3, 0.4) is 0 Å². The first kappa shape index (κ1) is 20.7. The molecule has 3 rings (SSSR count). The molecule has 1 heterocycles. The van der Waals surface area contributed by atoms with E-state index in [4.69, 9.17) is 10.5 Å². The lowest BCUT2D eigenvalue weighted by Gasteiger charge is -2.07. The second kappa shape index (κ2) is 9.36. The highest BCUT2D eigenvalue weighted by atomic mass is 127. The van der Waals surface area contributed by atoms with E-state index in [1.807, 2.05) is 56.4 Å². The van der Waals surface area contributed by atoms with Gasteiger partial charge in [0.25, 0.3) is 0 Å². The van der Waals surface area contributed by atoms with Crippen LogP contribution in [0.25, 0.3) is 5.69 Å². The highest BCUT2D eigenvalue weighted by molar-refractivity contribution is 14.0. The number of halogens is 1. The number of guanidine groups is 1. The van der Waals surface area contributed by atoms with Crippen LogP contribution in [0.5, 0.6) is 5.75 Å². The van der Waals surface area contributed by atoms with Gasteiger partial charge in [-0.25, -0.2) is 9.67 Å². The van der Waals surface area contributed by atoms with Crippen molar-refractivity contribution in [1.82, 2.24) is 15.0 Å². The molecule has 0 aliphatic carbocycles. The van der Waals surface area contributed by atoms with E-state index in [-0.39, 0.29) is 24.0 Å². The zero-order valence-electron chi connectivity index (χ0n) is 15.5. The predicted molar refractivity (Wildman–Crippen MR) is 118 cm³/mol. The average Bonchev–Trinajstić information content (AvgIpc) is 3.08. The van der Waals surface area contributed by atoms with Crippen LogP contribution in [-0.2, 0) is 6.54 Å². The second-order valence-electron chi connectivity index (χ2n) is 6.06. The molecule has 0 fully saturated rings. The number of nitrogens with zero attached hydrogens (tertiary/aromatic N) is 4. The third-order valence-electron chi connectivity index (χ3n) is 3.78. The lowest BCUT2D eigenvalue weighted by molar-refractivity contribution is 0.414. The minimum Gasteiger partial charge on any atom is -0.497 e. The Bertz CT molecular complexity index is 900. The lowest BCUT2D eigenvalue weighted by atomic mass is 10.1. The minimum absolute atomic E-state index is 0. The van der Waals surface area contributed by atoms with Gasteiger partial charge in [0.15, 0.2) is 5.96 Å². The Labute approximate surface area is 175 Å². The van der Waals surface area contributed by atoms with E-state index in [1.165, 1.54) is 11.1 Å². The van der Waals surface area contributed by atoms with Crippen LogP contribution >= 0.6 is 24.0 Å². The summed E-state index contributed by atoms with van der Waals surface area (Å²) in [6.07, 6.45) is 1.83. The van der Waals surface area contributed by atoms with E-state index < -0.39 is 0 Å². The van der Waals surface area contributed by atoms with E-state index in [0.717, 1.165) is 22.8 Å². The molecule has 0 saturated heterocycles. The topological polar surface area (TPSA) is 90.3 Å². The zero-order valence-corrected chi connectivity index (χ0v) is 17.8. The van der Waals surface area contributed by atoms with E-state index in [2.05, 4.69) is 26.7 Å². The molecule has 0 amide bonds. The van der Waals surface area contributed by atoms with Crippen molar-refractivity contribution in [3.63, 3.8) is 0 Å². The number of aliphatic imine (C=N–C) groups is 1. The fraction of sp³-hybridized carbons (Fsp3) is 0.211. The van der Waals surface area contributed by atoms with Crippen molar-refractivity contribution in [3.8, 4) is 11.4 Å². The number of aromatic nitrogens is 3. The summed E-state index contributed by atoms with van der Waals surface area (Å²) in [7, 11) is 1.64. The van der Waals surface area contributed by atoms with E-state index in [9.17, 15) is 0 Å². The van der Waals surface area contributed by atoms with Crippen LogP contribution in [-0.4, -0.2) is 28.1 Å². The SMILES string of the molecule is COc1ccc(-n2cc(CN=C(N)Nc3cc(C)cc(C)c3)nn2)cc1.I. The summed E-state index contributed by atoms with van der Waals surface area (Å²) >= 11 is 0. The molecule has 8 heteroatoms. The van der Waals surface area contributed by atoms with Crippen molar-refractivity contribution in [3.05, 3.63) is 65.5 Å². The summed E-state index contributed by atoms with van der Waals surface area (Å²) in [6, 6.07) is 13.7. The van der Waals surface area contributed by atoms with Gasteiger partial charge in [-0.3, -0.25) is 0 Å². The molecule has 3 aromatic rings. The van der Waals surface area contributed by atoms with Crippen LogP contribution < -0.4 is 15.8 Å². The maximum Gasteiger partial charge on any atom is 0.193 e. The number of anilines is 1. The van der Waals surface area contributed by atoms with Gasteiger partial charge < -0.3 is 15.8 Å². The van der Waals surface area contributed by atoms with Crippen LogP contribution in [0.15, 0.2) is 53.7 Å². The Morgan fingerprint density at radius 2 is 1.81 bits per heavy atom. The molecule has 0 atom stereocenters. The Morgan fingerprint density at radius 3 is 2.44 bits per heavy atom. The minimum atomic E-state index is 0. The fourth-order valence-electron chi connectivity index (χ4n) is 2.63. The molecule has 1 aromatic heterocycles. The van der Waals surface area contributed by atoms with Gasteiger partial charge in [0, 0.05) is 5.69 Å². The molecule has 0 aliphatic rings. The number of benzene rings is 2. The maximum atomic E-state index is 5.97. The fourth-order valence-corrected chi connectivity index (χ4v) is 2.63. The molecule has 0 unspecified atom stereocenters. The summed E-state index contributed by atoms with van der Waals surface area (Å²) in [6.45, 7) is 4.44. The van der Waals surface area contributed by atoms with Gasteiger partial charge >= 0.3 is 0 Å². The van der Waals surface area contributed by atoms with E-state index in [1.54, 1.807) is 11.8 Å². The Hall–Kier alpha value is -2.62. The van der Waals surface area contributed by atoms with Gasteiger partial charge in [-0.2, -0.15) is 0 Å². The standard InChI is InChI=1S/C19H22N6O.HI/c1-13-8-14(2)10-15(9-13)22-19(20)21-11-16-12-25(24-23-16)17-4-6-18(26-3)7-5-17;/h4-10,12H,11H2,1-3H3,(H3,20,21,22);1H. The molecule has 2 aromatic carbocycles. The summed E-state index contributed by atoms with van der Waals surface area (Å²) in [5.74, 6) is 1.14. The van der Waals surface area contributed by atoms with Gasteiger partial charge in [-0.15, -0.1) is 29.1 Å². The number of aryl methyl sites for hydroxylation is 2. The molecular formula is C19H23IN6O. The number of methoxy groups -OCH3 is 1. The number of rotatable bonds is 5. The highest BCUT2D eigenvalue weighted by Gasteiger charge is 2.04. The van der Waals surface area contributed by atoms with Gasteiger partial charge in [0.2, 0.25) is 0 Å². The normalized spacial score (nSPS) is 11.0. The molecule has 0 saturated carbocycles. The number of ether oxygens (including phenoxy) is 1. The van der Waals surface area contributed by atoms with Crippen LogP contribution in [0.2, 0.25) is 0 Å². The smallest absolute Gasteiger partial charge is 0.193 e. The van der Waals surface area contributed by atoms with Gasteiger partial charge in [-0.05, 0) is 61.4 Å². The number of nitrogens with two attached hydrogens (primary N) is 1. The molecule has 0 aliphatic heterocycles. The molecule has 0 spiro atoms. The highest BCUT2D eigenvalue weighted by Crippen LogP contribution is 2.15. The first-order chi connectivity index (χ1) is 12.5. The summed E-state index contributed by atoms with van der Waals surface area (Å²) < 4.78 is 6.85. The number of hydrogen-bond donors (Lipinski definition) is 2. The average molecular weight is 478 g/mol. The van der Waals surface area contributed by atoms with Crippen molar-refractivity contribution >= 4 is 35.6 Å². The Morgan fingerprint density at radius 1 is 1.15 bits per heavy atom. The van der Waals surface area contributed by atoms with Crippen LogP contribution in [0.1, 0.15) is 16.8 Å². The molecule has 7 nitrogen and oxygen atoms in total. The predicted octanol–water partition coefficient (Wildman–Crippen LogP) is 3.44. The van der Waals surface area contributed by atoms with E-state index in [0.29, 0.717) is 12.5 Å². The summed E-state index contributed by atoms with van der Waals surface area (Å²) in [4.78, 5) is 4.33. The zero-order chi connectivity index (χ0) is 18.5. The molecule has 0 radical (unpaired) electrons. The monoisotopic (exact) mass is 478 g/mol. The van der Waals surface area contributed by atoms with Crippen LogP contribution in [0, 0.1) is 13.8 Å². The van der Waals surface area contributed by atoms with Crippen molar-refractivity contribution < 1.29 is 4.74 Å². The molecular weight excluding hydrogens is 455 g/mol. The Kier molecular flexibility index (Phi) is 7.17. The van der Waals surface area contributed by atoms with Gasteiger partial charge in [-0.1, -0.05) is 11.3 Å². The first-order valence-corrected chi connectivity index (χ1v) is 8.24. The lowest BCUT2D eigenvalue weighted by Crippen LogP contribution is -2.22. The largest absolute Gasteiger partial charge is 0.497 e. The summed E-state index contributed by atoms with van der Waals surface area (Å²) in [5.41, 5.74) is 10.9. The molecule has 3 N–H and O–H groups in total. The summed E-state index contributed by atoms with van der Waals surface area (Å²) in [5, 5.41) is 11.4. The number of nitrogens with one attached hydrogen (secondary N) is 1. The maximum absolute atomic E-state index is 5.97. The Balaban J connectivity index is 0.00000261. The second-order valence-corrected chi connectivity index (χ2v) is 6.06. The van der Waals surface area contributed by atoms with E-state index >= 15 is 0 Å². The third kappa shape index (κ3) is 5.68. The quantitative estimate of drug-likeness (QED) is 0.333. The van der Waals surface area contributed by atoms with Crippen molar-refractivity contribution in [2.45, 2.75) is 20.4 Å².